The minimum absolute atomic E-state index is 0.199. The molecule has 0 unspecified atom stereocenters. The van der Waals surface area contributed by atoms with E-state index in [1.807, 2.05) is 25.1 Å². The standard InChI is InChI=1S/C9H9FN2S/c1-12(2)9-8-6(10)4-3-5-7(8)13-11-9/h3-5H,1-2H3. The molecule has 0 fully saturated rings. The smallest absolute Gasteiger partial charge is 0.152 e. The lowest BCUT2D eigenvalue weighted by atomic mass is 10.2. The van der Waals surface area contributed by atoms with Gasteiger partial charge in [0.15, 0.2) is 5.82 Å². The van der Waals surface area contributed by atoms with Crippen molar-refractivity contribution in [1.29, 1.82) is 0 Å². The second kappa shape index (κ2) is 2.96. The average molecular weight is 196 g/mol. The molecule has 1 aromatic carbocycles. The minimum Gasteiger partial charge on any atom is -0.361 e. The Hall–Kier alpha value is -1.16. The van der Waals surface area contributed by atoms with Gasteiger partial charge in [0.25, 0.3) is 0 Å². The molecule has 2 aromatic rings. The summed E-state index contributed by atoms with van der Waals surface area (Å²) in [4.78, 5) is 1.82. The molecule has 0 aliphatic carbocycles. The fraction of sp³-hybridized carbons (Fsp3) is 0.222. The molecule has 0 saturated carbocycles. The van der Waals surface area contributed by atoms with E-state index >= 15 is 0 Å². The summed E-state index contributed by atoms with van der Waals surface area (Å²) in [6, 6.07) is 5.04. The monoisotopic (exact) mass is 196 g/mol. The van der Waals surface area contributed by atoms with Gasteiger partial charge in [0.05, 0.1) is 10.1 Å². The van der Waals surface area contributed by atoms with Gasteiger partial charge in [0, 0.05) is 14.1 Å². The first-order valence-electron chi connectivity index (χ1n) is 3.91. The van der Waals surface area contributed by atoms with Crippen LogP contribution in [-0.4, -0.2) is 18.5 Å². The first-order valence-corrected chi connectivity index (χ1v) is 4.68. The zero-order valence-corrected chi connectivity index (χ0v) is 8.23. The Labute approximate surface area is 79.8 Å². The topological polar surface area (TPSA) is 16.1 Å². The summed E-state index contributed by atoms with van der Waals surface area (Å²) in [5, 5.41) is 0.623. The normalized spacial score (nSPS) is 10.7. The zero-order chi connectivity index (χ0) is 9.42. The van der Waals surface area contributed by atoms with E-state index < -0.39 is 0 Å². The molecule has 1 aromatic heterocycles. The Morgan fingerprint density at radius 3 is 2.85 bits per heavy atom. The number of anilines is 1. The van der Waals surface area contributed by atoms with Crippen molar-refractivity contribution in [3.63, 3.8) is 0 Å². The van der Waals surface area contributed by atoms with Crippen molar-refractivity contribution < 1.29 is 4.39 Å². The largest absolute Gasteiger partial charge is 0.361 e. The highest BCUT2D eigenvalue weighted by Gasteiger charge is 2.11. The van der Waals surface area contributed by atoms with Crippen LogP contribution in [0.2, 0.25) is 0 Å². The summed E-state index contributed by atoms with van der Waals surface area (Å²) >= 11 is 1.32. The van der Waals surface area contributed by atoms with Crippen molar-refractivity contribution in [1.82, 2.24) is 4.37 Å². The van der Waals surface area contributed by atoms with Crippen LogP contribution in [0, 0.1) is 5.82 Å². The third-order valence-corrected chi connectivity index (χ3v) is 2.65. The van der Waals surface area contributed by atoms with E-state index in [2.05, 4.69) is 4.37 Å². The van der Waals surface area contributed by atoms with Crippen molar-refractivity contribution in [2.75, 3.05) is 19.0 Å². The molecule has 0 amide bonds. The number of nitrogens with zero attached hydrogens (tertiary/aromatic N) is 2. The van der Waals surface area contributed by atoms with Crippen LogP contribution in [0.25, 0.3) is 10.1 Å². The van der Waals surface area contributed by atoms with Crippen LogP contribution in [0.5, 0.6) is 0 Å². The molecule has 1 heterocycles. The third-order valence-electron chi connectivity index (χ3n) is 1.85. The first-order chi connectivity index (χ1) is 6.20. The van der Waals surface area contributed by atoms with Gasteiger partial charge in [-0.05, 0) is 23.7 Å². The number of fused-ring (bicyclic) bond motifs is 1. The number of halogens is 1. The number of hydrogen-bond donors (Lipinski definition) is 0. The molecule has 13 heavy (non-hydrogen) atoms. The van der Waals surface area contributed by atoms with Crippen LogP contribution in [0.1, 0.15) is 0 Å². The maximum absolute atomic E-state index is 13.4. The molecule has 0 saturated heterocycles. The summed E-state index contributed by atoms with van der Waals surface area (Å²) in [5.41, 5.74) is 0. The molecule has 0 spiro atoms. The van der Waals surface area contributed by atoms with Gasteiger partial charge in [-0.2, -0.15) is 4.37 Å². The van der Waals surface area contributed by atoms with Gasteiger partial charge >= 0.3 is 0 Å². The van der Waals surface area contributed by atoms with Crippen molar-refractivity contribution in [2.24, 2.45) is 0 Å². The van der Waals surface area contributed by atoms with E-state index in [0.717, 1.165) is 4.70 Å². The second-order valence-corrected chi connectivity index (χ2v) is 3.82. The van der Waals surface area contributed by atoms with E-state index in [0.29, 0.717) is 11.2 Å². The maximum Gasteiger partial charge on any atom is 0.152 e. The lowest BCUT2D eigenvalue weighted by Crippen LogP contribution is -2.09. The average Bonchev–Trinajstić information content (AvgIpc) is 2.49. The molecule has 2 nitrogen and oxygen atoms in total. The number of aromatic nitrogens is 1. The van der Waals surface area contributed by atoms with Crippen LogP contribution in [0.4, 0.5) is 10.2 Å². The molecule has 68 valence electrons. The van der Waals surface area contributed by atoms with Gasteiger partial charge in [0.2, 0.25) is 0 Å². The summed E-state index contributed by atoms with van der Waals surface area (Å²) in [6.45, 7) is 0. The fourth-order valence-corrected chi connectivity index (χ4v) is 2.10. The Kier molecular flexibility index (Phi) is 1.92. The molecular formula is C9H9FN2S. The highest BCUT2D eigenvalue weighted by molar-refractivity contribution is 7.13. The SMILES string of the molecule is CN(C)c1nsc2cccc(F)c12. The summed E-state index contributed by atoms with van der Waals surface area (Å²) < 4.78 is 18.5. The molecular weight excluding hydrogens is 187 g/mol. The Morgan fingerprint density at radius 1 is 1.38 bits per heavy atom. The molecule has 0 atom stereocenters. The van der Waals surface area contributed by atoms with E-state index in [1.54, 1.807) is 6.07 Å². The Balaban J connectivity index is 2.79. The summed E-state index contributed by atoms with van der Waals surface area (Å²) in [6.07, 6.45) is 0. The molecule has 4 heteroatoms. The van der Waals surface area contributed by atoms with Gasteiger partial charge in [-0.25, -0.2) is 4.39 Å². The predicted molar refractivity (Wildman–Crippen MR) is 53.9 cm³/mol. The lowest BCUT2D eigenvalue weighted by molar-refractivity contribution is 0.640. The molecule has 0 bridgehead atoms. The van der Waals surface area contributed by atoms with Crippen LogP contribution in [0.15, 0.2) is 18.2 Å². The van der Waals surface area contributed by atoms with Gasteiger partial charge in [-0.15, -0.1) is 0 Å². The van der Waals surface area contributed by atoms with E-state index in [1.165, 1.54) is 17.6 Å². The summed E-state index contributed by atoms with van der Waals surface area (Å²) in [7, 11) is 3.72. The third kappa shape index (κ3) is 1.27. The van der Waals surface area contributed by atoms with Crippen molar-refractivity contribution >= 4 is 27.4 Å². The Morgan fingerprint density at radius 2 is 2.15 bits per heavy atom. The number of rotatable bonds is 1. The van der Waals surface area contributed by atoms with Crippen molar-refractivity contribution in [3.8, 4) is 0 Å². The number of benzene rings is 1. The molecule has 0 radical (unpaired) electrons. The number of hydrogen-bond acceptors (Lipinski definition) is 3. The Bertz CT molecular complexity index is 436. The van der Waals surface area contributed by atoms with Crippen molar-refractivity contribution in [3.05, 3.63) is 24.0 Å². The van der Waals surface area contributed by atoms with Gasteiger partial charge < -0.3 is 4.90 Å². The van der Waals surface area contributed by atoms with Crippen LogP contribution < -0.4 is 4.90 Å². The van der Waals surface area contributed by atoms with Crippen molar-refractivity contribution in [2.45, 2.75) is 0 Å². The minimum atomic E-state index is -0.199. The van der Waals surface area contributed by atoms with E-state index in [4.69, 9.17) is 0 Å². The molecule has 2 rings (SSSR count). The fourth-order valence-electron chi connectivity index (χ4n) is 1.24. The van der Waals surface area contributed by atoms with Gasteiger partial charge in [-0.3, -0.25) is 0 Å². The highest BCUT2D eigenvalue weighted by Crippen LogP contribution is 2.30. The lowest BCUT2D eigenvalue weighted by Gasteiger charge is -2.08. The van der Waals surface area contributed by atoms with Crippen LogP contribution >= 0.6 is 11.5 Å². The van der Waals surface area contributed by atoms with Gasteiger partial charge in [-0.1, -0.05) is 6.07 Å². The quantitative estimate of drug-likeness (QED) is 0.696. The summed E-state index contributed by atoms with van der Waals surface area (Å²) in [5.74, 6) is 0.507. The highest BCUT2D eigenvalue weighted by atomic mass is 32.1. The van der Waals surface area contributed by atoms with Crippen LogP contribution in [0.3, 0.4) is 0 Å². The van der Waals surface area contributed by atoms with Crippen LogP contribution in [-0.2, 0) is 0 Å². The molecule has 0 N–H and O–H groups in total. The maximum atomic E-state index is 13.4. The molecule has 0 aliphatic heterocycles. The van der Waals surface area contributed by atoms with E-state index in [-0.39, 0.29) is 5.82 Å². The zero-order valence-electron chi connectivity index (χ0n) is 7.41. The predicted octanol–water partition coefficient (Wildman–Crippen LogP) is 2.50. The van der Waals surface area contributed by atoms with E-state index in [9.17, 15) is 4.39 Å². The first kappa shape index (κ1) is 8.44. The second-order valence-electron chi connectivity index (χ2n) is 3.01. The van der Waals surface area contributed by atoms with Gasteiger partial charge in [0.1, 0.15) is 5.82 Å². The molecule has 0 aliphatic rings.